The topological polar surface area (TPSA) is 83.7 Å². The molecule has 0 radical (unpaired) electrons. The fourth-order valence-electron chi connectivity index (χ4n) is 1.72. The van der Waals surface area contributed by atoms with Crippen molar-refractivity contribution in [2.24, 2.45) is 0 Å². The number of hydrogen-bond donors (Lipinski definition) is 2. The van der Waals surface area contributed by atoms with Gasteiger partial charge < -0.3 is 14.8 Å². The van der Waals surface area contributed by atoms with Crippen LogP contribution in [0.3, 0.4) is 0 Å². The minimum absolute atomic E-state index is 0.0121. The number of nitrogens with zero attached hydrogens (tertiary/aromatic N) is 2. The highest BCUT2D eigenvalue weighted by atomic mass is 16.4. The lowest BCUT2D eigenvalue weighted by Gasteiger charge is -2.00. The largest absolute Gasteiger partial charge is 0.481 e. The first-order valence-electron chi connectivity index (χ1n) is 5.97. The van der Waals surface area contributed by atoms with Crippen molar-refractivity contribution in [3.8, 4) is 0 Å². The Morgan fingerprint density at radius 1 is 1.42 bits per heavy atom. The molecule has 0 unspecified atom stereocenters. The first kappa shape index (κ1) is 13.1. The molecule has 0 atom stereocenters. The Labute approximate surface area is 110 Å². The third kappa shape index (κ3) is 3.54. The molecule has 2 aromatic rings. The van der Waals surface area contributed by atoms with Crippen molar-refractivity contribution in [1.82, 2.24) is 14.7 Å². The van der Waals surface area contributed by atoms with E-state index >= 15 is 0 Å². The van der Waals surface area contributed by atoms with Gasteiger partial charge >= 0.3 is 5.97 Å². The van der Waals surface area contributed by atoms with Crippen molar-refractivity contribution < 1.29 is 14.7 Å². The van der Waals surface area contributed by atoms with Gasteiger partial charge in [-0.1, -0.05) is 0 Å². The van der Waals surface area contributed by atoms with Gasteiger partial charge in [-0.05, 0) is 24.6 Å². The summed E-state index contributed by atoms with van der Waals surface area (Å²) in [4.78, 5) is 26.1. The zero-order valence-electron chi connectivity index (χ0n) is 10.6. The Hall–Kier alpha value is -2.37. The molecule has 0 fully saturated rings. The average molecular weight is 261 g/mol. The van der Waals surface area contributed by atoms with Crippen LogP contribution in [0.2, 0.25) is 0 Å². The van der Waals surface area contributed by atoms with Crippen LogP contribution >= 0.6 is 0 Å². The summed E-state index contributed by atoms with van der Waals surface area (Å²) in [7, 11) is 0. The second kappa shape index (κ2) is 5.51. The average Bonchev–Trinajstić information content (AvgIpc) is 2.75. The number of amides is 1. The van der Waals surface area contributed by atoms with Gasteiger partial charge in [0.25, 0.3) is 0 Å². The summed E-state index contributed by atoms with van der Waals surface area (Å²) >= 11 is 0. The monoisotopic (exact) mass is 261 g/mol. The summed E-state index contributed by atoms with van der Waals surface area (Å²) in [6.45, 7) is 2.29. The molecule has 2 heterocycles. The number of carbonyl (C=O) groups is 2. The maximum atomic E-state index is 11.4. The number of aromatic nitrogens is 2. The van der Waals surface area contributed by atoms with Gasteiger partial charge in [-0.3, -0.25) is 9.59 Å². The number of rotatable bonds is 5. The van der Waals surface area contributed by atoms with E-state index in [1.807, 2.05) is 35.9 Å². The van der Waals surface area contributed by atoms with Gasteiger partial charge in [0.05, 0.1) is 18.7 Å². The van der Waals surface area contributed by atoms with E-state index in [2.05, 4.69) is 10.3 Å². The fourth-order valence-corrected chi connectivity index (χ4v) is 1.72. The van der Waals surface area contributed by atoms with E-state index in [0.717, 1.165) is 16.9 Å². The predicted molar refractivity (Wildman–Crippen MR) is 68.6 cm³/mol. The summed E-state index contributed by atoms with van der Waals surface area (Å²) in [6.07, 6.45) is 3.58. The van der Waals surface area contributed by atoms with E-state index in [9.17, 15) is 9.59 Å². The molecule has 6 nitrogen and oxygen atoms in total. The highest BCUT2D eigenvalue weighted by molar-refractivity contribution is 5.80. The maximum absolute atomic E-state index is 11.4. The number of carbonyl (C=O) groups excluding carboxylic acids is 1. The van der Waals surface area contributed by atoms with Crippen LogP contribution < -0.4 is 5.32 Å². The molecule has 0 aromatic carbocycles. The Bertz CT molecular complexity index is 619. The highest BCUT2D eigenvalue weighted by Crippen LogP contribution is 2.07. The molecule has 0 bridgehead atoms. The third-order valence-corrected chi connectivity index (χ3v) is 2.70. The fraction of sp³-hybridized carbons (Fsp3) is 0.308. The molecule has 6 heteroatoms. The quantitative estimate of drug-likeness (QED) is 0.845. The number of hydrogen-bond acceptors (Lipinski definition) is 3. The standard InChI is InChI=1S/C13H15N3O3/c1-9-4-5-16-8-10(15-11(16)6-9)7-14-12(17)2-3-13(18)19/h4-6,8H,2-3,7H2,1H3,(H,14,17)(H,18,19). The van der Waals surface area contributed by atoms with E-state index in [1.54, 1.807) is 0 Å². The second-order valence-electron chi connectivity index (χ2n) is 4.37. The molecule has 0 aliphatic carbocycles. The zero-order chi connectivity index (χ0) is 13.8. The van der Waals surface area contributed by atoms with Gasteiger partial charge in [-0.15, -0.1) is 0 Å². The molecular weight excluding hydrogens is 246 g/mol. The molecule has 19 heavy (non-hydrogen) atoms. The van der Waals surface area contributed by atoms with Crippen molar-refractivity contribution >= 4 is 17.5 Å². The van der Waals surface area contributed by atoms with Crippen LogP contribution in [0, 0.1) is 6.92 Å². The minimum Gasteiger partial charge on any atom is -0.481 e. The lowest BCUT2D eigenvalue weighted by Crippen LogP contribution is -2.23. The number of pyridine rings is 1. The van der Waals surface area contributed by atoms with Gasteiger partial charge in [-0.2, -0.15) is 0 Å². The van der Waals surface area contributed by atoms with Gasteiger partial charge in [0, 0.05) is 18.8 Å². The SMILES string of the molecule is Cc1ccn2cc(CNC(=O)CCC(=O)O)nc2c1. The summed E-state index contributed by atoms with van der Waals surface area (Å²) in [5.41, 5.74) is 2.69. The van der Waals surface area contributed by atoms with Gasteiger partial charge in [0.15, 0.2) is 0 Å². The van der Waals surface area contributed by atoms with Gasteiger partial charge in [0.2, 0.25) is 5.91 Å². The summed E-state index contributed by atoms with van der Waals surface area (Å²) in [5, 5.41) is 11.1. The molecule has 2 rings (SSSR count). The van der Waals surface area contributed by atoms with Crippen LogP contribution in [0.1, 0.15) is 24.1 Å². The number of nitrogens with one attached hydrogen (secondary N) is 1. The van der Waals surface area contributed by atoms with Crippen molar-refractivity contribution in [3.05, 3.63) is 35.8 Å². The lowest BCUT2D eigenvalue weighted by molar-refractivity contribution is -0.138. The molecule has 0 saturated carbocycles. The van der Waals surface area contributed by atoms with Crippen LogP contribution in [0.4, 0.5) is 0 Å². The van der Waals surface area contributed by atoms with Gasteiger partial charge in [0.1, 0.15) is 5.65 Å². The third-order valence-electron chi connectivity index (χ3n) is 2.70. The maximum Gasteiger partial charge on any atom is 0.303 e. The molecule has 0 saturated heterocycles. The van der Waals surface area contributed by atoms with Crippen LogP contribution in [-0.4, -0.2) is 26.4 Å². The summed E-state index contributed by atoms with van der Waals surface area (Å²) < 4.78 is 1.88. The van der Waals surface area contributed by atoms with E-state index in [4.69, 9.17) is 5.11 Å². The van der Waals surface area contributed by atoms with Crippen molar-refractivity contribution in [2.75, 3.05) is 0 Å². The van der Waals surface area contributed by atoms with E-state index in [1.165, 1.54) is 0 Å². The molecule has 100 valence electrons. The van der Waals surface area contributed by atoms with E-state index in [0.29, 0.717) is 6.54 Å². The van der Waals surface area contributed by atoms with Crippen LogP contribution in [-0.2, 0) is 16.1 Å². The van der Waals surface area contributed by atoms with Crippen molar-refractivity contribution in [1.29, 1.82) is 0 Å². The Morgan fingerprint density at radius 2 is 2.21 bits per heavy atom. The highest BCUT2D eigenvalue weighted by Gasteiger charge is 2.06. The number of carboxylic acid groups (broad SMARTS) is 1. The van der Waals surface area contributed by atoms with Crippen LogP contribution in [0.15, 0.2) is 24.5 Å². The number of aryl methyl sites for hydroxylation is 1. The number of imidazole rings is 1. The predicted octanol–water partition coefficient (Wildman–Crippen LogP) is 1.12. The number of carboxylic acids is 1. The molecule has 0 aliphatic heterocycles. The molecule has 0 aliphatic rings. The van der Waals surface area contributed by atoms with E-state index < -0.39 is 5.97 Å². The Balaban J connectivity index is 1.94. The molecule has 0 spiro atoms. The number of aliphatic carboxylic acids is 1. The summed E-state index contributed by atoms with van der Waals surface area (Å²) in [5.74, 6) is -1.26. The smallest absolute Gasteiger partial charge is 0.303 e. The van der Waals surface area contributed by atoms with E-state index in [-0.39, 0.29) is 18.7 Å². The summed E-state index contributed by atoms with van der Waals surface area (Å²) in [6, 6.07) is 3.93. The van der Waals surface area contributed by atoms with Crippen molar-refractivity contribution in [2.45, 2.75) is 26.3 Å². The Kier molecular flexibility index (Phi) is 3.79. The first-order valence-corrected chi connectivity index (χ1v) is 5.97. The first-order chi connectivity index (χ1) is 9.04. The molecule has 2 aromatic heterocycles. The van der Waals surface area contributed by atoms with Crippen molar-refractivity contribution in [3.63, 3.8) is 0 Å². The molecular formula is C13H15N3O3. The van der Waals surface area contributed by atoms with Crippen LogP contribution in [0.5, 0.6) is 0 Å². The number of fused-ring (bicyclic) bond motifs is 1. The minimum atomic E-state index is -0.974. The second-order valence-corrected chi connectivity index (χ2v) is 4.37. The Morgan fingerprint density at radius 3 is 2.95 bits per heavy atom. The molecule has 2 N–H and O–H groups in total. The molecule has 1 amide bonds. The van der Waals surface area contributed by atoms with Gasteiger partial charge in [-0.25, -0.2) is 4.98 Å². The zero-order valence-corrected chi connectivity index (χ0v) is 10.6. The lowest BCUT2D eigenvalue weighted by atomic mass is 10.3. The normalized spacial score (nSPS) is 10.6. The van der Waals surface area contributed by atoms with Crippen LogP contribution in [0.25, 0.3) is 5.65 Å².